The second kappa shape index (κ2) is 4.60. The van der Waals surface area contributed by atoms with Gasteiger partial charge in [-0.3, -0.25) is 4.90 Å². The standard InChI is InChI=1S/C11H19N3S/c1-3-5-14-6-4-9(12)10(14)11-13-8(2)7-15-11/h7,9-10H,3-6,12H2,1-2H3. The third kappa shape index (κ3) is 2.22. The van der Waals surface area contributed by atoms with Crippen LogP contribution in [0.1, 0.15) is 36.5 Å². The van der Waals surface area contributed by atoms with Crippen molar-refractivity contribution in [3.63, 3.8) is 0 Å². The average molecular weight is 225 g/mol. The monoisotopic (exact) mass is 225 g/mol. The van der Waals surface area contributed by atoms with E-state index in [9.17, 15) is 0 Å². The Kier molecular flexibility index (Phi) is 3.38. The molecule has 84 valence electrons. The fourth-order valence-corrected chi connectivity index (χ4v) is 3.27. The average Bonchev–Trinajstić information content (AvgIpc) is 2.74. The summed E-state index contributed by atoms with van der Waals surface area (Å²) >= 11 is 1.75. The van der Waals surface area contributed by atoms with Gasteiger partial charge in [-0.1, -0.05) is 6.92 Å². The Morgan fingerprint density at radius 3 is 3.07 bits per heavy atom. The van der Waals surface area contributed by atoms with Crippen LogP contribution in [0, 0.1) is 6.92 Å². The number of nitrogens with two attached hydrogens (primary N) is 1. The smallest absolute Gasteiger partial charge is 0.112 e. The first-order chi connectivity index (χ1) is 7.22. The minimum atomic E-state index is 0.266. The van der Waals surface area contributed by atoms with Gasteiger partial charge in [0.25, 0.3) is 0 Å². The van der Waals surface area contributed by atoms with Crippen molar-refractivity contribution in [2.75, 3.05) is 13.1 Å². The summed E-state index contributed by atoms with van der Waals surface area (Å²) < 4.78 is 0. The number of aromatic nitrogens is 1. The van der Waals surface area contributed by atoms with E-state index in [1.165, 1.54) is 11.4 Å². The van der Waals surface area contributed by atoms with E-state index in [-0.39, 0.29) is 6.04 Å². The number of nitrogens with zero attached hydrogens (tertiary/aromatic N) is 2. The Labute approximate surface area is 95.3 Å². The van der Waals surface area contributed by atoms with Crippen LogP contribution in [-0.2, 0) is 0 Å². The highest BCUT2D eigenvalue weighted by Gasteiger charge is 2.34. The highest BCUT2D eigenvalue weighted by atomic mass is 32.1. The molecule has 0 saturated carbocycles. The van der Waals surface area contributed by atoms with Crippen LogP contribution in [0.5, 0.6) is 0 Å². The van der Waals surface area contributed by atoms with Gasteiger partial charge in [0.2, 0.25) is 0 Å². The predicted molar refractivity (Wildman–Crippen MR) is 64.0 cm³/mol. The first-order valence-corrected chi connectivity index (χ1v) is 6.52. The van der Waals surface area contributed by atoms with Gasteiger partial charge in [-0.05, 0) is 26.3 Å². The Hall–Kier alpha value is -0.450. The molecule has 2 atom stereocenters. The molecule has 1 aromatic rings. The van der Waals surface area contributed by atoms with Crippen LogP contribution in [0.25, 0.3) is 0 Å². The molecule has 0 spiro atoms. The van der Waals surface area contributed by atoms with Crippen LogP contribution in [0.4, 0.5) is 0 Å². The zero-order chi connectivity index (χ0) is 10.8. The molecule has 0 bridgehead atoms. The molecular weight excluding hydrogens is 206 g/mol. The quantitative estimate of drug-likeness (QED) is 0.854. The fourth-order valence-electron chi connectivity index (χ4n) is 2.27. The van der Waals surface area contributed by atoms with Crippen LogP contribution in [0.2, 0.25) is 0 Å². The second-order valence-electron chi connectivity index (χ2n) is 4.26. The van der Waals surface area contributed by atoms with Gasteiger partial charge in [-0.25, -0.2) is 4.98 Å². The summed E-state index contributed by atoms with van der Waals surface area (Å²) in [4.78, 5) is 7.05. The van der Waals surface area contributed by atoms with Crippen molar-refractivity contribution in [3.05, 3.63) is 16.1 Å². The van der Waals surface area contributed by atoms with E-state index in [0.717, 1.165) is 25.2 Å². The fraction of sp³-hybridized carbons (Fsp3) is 0.727. The topological polar surface area (TPSA) is 42.1 Å². The molecular formula is C11H19N3S. The SMILES string of the molecule is CCCN1CCC(N)C1c1nc(C)cs1. The molecule has 4 heteroatoms. The highest BCUT2D eigenvalue weighted by molar-refractivity contribution is 7.09. The van der Waals surface area contributed by atoms with Crippen LogP contribution >= 0.6 is 11.3 Å². The van der Waals surface area contributed by atoms with E-state index in [0.29, 0.717) is 6.04 Å². The third-order valence-electron chi connectivity index (χ3n) is 2.95. The Morgan fingerprint density at radius 2 is 2.47 bits per heavy atom. The highest BCUT2D eigenvalue weighted by Crippen LogP contribution is 2.32. The lowest BCUT2D eigenvalue weighted by molar-refractivity contribution is 0.247. The zero-order valence-corrected chi connectivity index (χ0v) is 10.3. The van der Waals surface area contributed by atoms with Gasteiger partial charge in [0.1, 0.15) is 5.01 Å². The number of likely N-dealkylation sites (tertiary alicyclic amines) is 1. The molecule has 0 radical (unpaired) electrons. The lowest BCUT2D eigenvalue weighted by Gasteiger charge is -2.24. The summed E-state index contributed by atoms with van der Waals surface area (Å²) in [7, 11) is 0. The van der Waals surface area contributed by atoms with E-state index < -0.39 is 0 Å². The summed E-state index contributed by atoms with van der Waals surface area (Å²) in [5.74, 6) is 0. The summed E-state index contributed by atoms with van der Waals surface area (Å²) in [6.07, 6.45) is 2.29. The van der Waals surface area contributed by atoms with Crippen LogP contribution in [0.15, 0.2) is 5.38 Å². The Bertz CT molecular complexity index is 321. The van der Waals surface area contributed by atoms with Crippen molar-refractivity contribution < 1.29 is 0 Å². The van der Waals surface area contributed by atoms with Gasteiger partial charge in [0, 0.05) is 23.7 Å². The first kappa shape index (κ1) is 11.0. The molecule has 15 heavy (non-hydrogen) atoms. The van der Waals surface area contributed by atoms with Crippen molar-refractivity contribution in [3.8, 4) is 0 Å². The molecule has 2 rings (SSSR count). The van der Waals surface area contributed by atoms with E-state index in [1.54, 1.807) is 11.3 Å². The number of hydrogen-bond donors (Lipinski definition) is 1. The Balaban J connectivity index is 2.17. The maximum atomic E-state index is 6.17. The van der Waals surface area contributed by atoms with Crippen LogP contribution in [0.3, 0.4) is 0 Å². The molecule has 3 nitrogen and oxygen atoms in total. The molecule has 1 aliphatic rings. The molecule has 1 fully saturated rings. The molecule has 1 aromatic heterocycles. The van der Waals surface area contributed by atoms with Crippen LogP contribution < -0.4 is 5.73 Å². The molecule has 2 N–H and O–H groups in total. The lowest BCUT2D eigenvalue weighted by atomic mass is 10.1. The summed E-state index contributed by atoms with van der Waals surface area (Å²) in [5, 5.41) is 3.32. The van der Waals surface area contributed by atoms with E-state index in [2.05, 4.69) is 22.2 Å². The lowest BCUT2D eigenvalue weighted by Crippen LogP contribution is -2.32. The minimum absolute atomic E-state index is 0.266. The van der Waals surface area contributed by atoms with Crippen molar-refractivity contribution in [1.29, 1.82) is 0 Å². The summed E-state index contributed by atoms with van der Waals surface area (Å²) in [6.45, 7) is 6.52. The molecule has 1 saturated heterocycles. The number of aryl methyl sites for hydroxylation is 1. The Morgan fingerprint density at radius 1 is 1.67 bits per heavy atom. The molecule has 0 aliphatic carbocycles. The van der Waals surface area contributed by atoms with Crippen molar-refractivity contribution >= 4 is 11.3 Å². The largest absolute Gasteiger partial charge is 0.326 e. The van der Waals surface area contributed by atoms with Gasteiger partial charge in [-0.15, -0.1) is 11.3 Å². The van der Waals surface area contributed by atoms with Crippen molar-refractivity contribution in [2.45, 2.75) is 38.8 Å². The second-order valence-corrected chi connectivity index (χ2v) is 5.15. The molecule has 2 unspecified atom stereocenters. The van der Waals surface area contributed by atoms with Gasteiger partial charge < -0.3 is 5.73 Å². The van der Waals surface area contributed by atoms with E-state index >= 15 is 0 Å². The molecule has 1 aliphatic heterocycles. The van der Waals surface area contributed by atoms with Gasteiger partial charge in [0.05, 0.1) is 6.04 Å². The molecule has 0 aromatic carbocycles. The maximum Gasteiger partial charge on any atom is 0.112 e. The van der Waals surface area contributed by atoms with Crippen molar-refractivity contribution in [1.82, 2.24) is 9.88 Å². The number of hydrogen-bond acceptors (Lipinski definition) is 4. The maximum absolute atomic E-state index is 6.17. The zero-order valence-electron chi connectivity index (χ0n) is 9.44. The summed E-state index contributed by atoms with van der Waals surface area (Å²) in [5.41, 5.74) is 7.28. The van der Waals surface area contributed by atoms with Gasteiger partial charge in [-0.2, -0.15) is 0 Å². The third-order valence-corrected chi connectivity index (χ3v) is 3.98. The predicted octanol–water partition coefficient (Wildman–Crippen LogP) is 1.94. The number of thiazole rings is 1. The summed E-state index contributed by atoms with van der Waals surface area (Å²) in [6, 6.07) is 0.630. The van der Waals surface area contributed by atoms with Gasteiger partial charge in [0.15, 0.2) is 0 Å². The van der Waals surface area contributed by atoms with Gasteiger partial charge >= 0.3 is 0 Å². The van der Waals surface area contributed by atoms with E-state index in [4.69, 9.17) is 5.73 Å². The van der Waals surface area contributed by atoms with Crippen LogP contribution in [-0.4, -0.2) is 29.0 Å². The van der Waals surface area contributed by atoms with Crippen molar-refractivity contribution in [2.24, 2.45) is 5.73 Å². The minimum Gasteiger partial charge on any atom is -0.326 e. The number of rotatable bonds is 3. The normalized spacial score (nSPS) is 27.4. The molecule has 2 heterocycles. The first-order valence-electron chi connectivity index (χ1n) is 5.64. The molecule has 0 amide bonds. The van der Waals surface area contributed by atoms with E-state index in [1.807, 2.05) is 6.92 Å².